The summed E-state index contributed by atoms with van der Waals surface area (Å²) in [6.45, 7) is 0.608. The van der Waals surface area contributed by atoms with Crippen LogP contribution in [0.5, 0.6) is 5.75 Å². The summed E-state index contributed by atoms with van der Waals surface area (Å²) in [5, 5.41) is 0. The molecule has 3 atom stereocenters. The summed E-state index contributed by atoms with van der Waals surface area (Å²) < 4.78 is 15.1. The van der Waals surface area contributed by atoms with Crippen molar-refractivity contribution in [3.05, 3.63) is 29.8 Å². The number of ether oxygens (including phenoxy) is 3. The molecule has 0 N–H and O–H groups in total. The Labute approximate surface area is 164 Å². The molecule has 1 aromatic rings. The molecule has 7 heteroatoms. The smallest absolute Gasteiger partial charge is 0.320 e. The highest BCUT2D eigenvalue weighted by molar-refractivity contribution is 6.06. The van der Waals surface area contributed by atoms with Gasteiger partial charge in [-0.1, -0.05) is 12.1 Å². The van der Waals surface area contributed by atoms with Crippen molar-refractivity contribution in [3.63, 3.8) is 0 Å². The number of rotatable bonds is 7. The highest BCUT2D eigenvalue weighted by Gasteiger charge is 2.61. The number of ketones is 1. The molecule has 3 rings (SSSR count). The maximum absolute atomic E-state index is 13.1. The molecule has 0 unspecified atom stereocenters. The van der Waals surface area contributed by atoms with Crippen LogP contribution in [0.15, 0.2) is 24.3 Å². The Balaban J connectivity index is 1.92. The number of hydrogen-bond donors (Lipinski definition) is 0. The fourth-order valence-electron chi connectivity index (χ4n) is 4.73. The lowest BCUT2D eigenvalue weighted by molar-refractivity contribution is -0.168. The van der Waals surface area contributed by atoms with Crippen molar-refractivity contribution in [1.29, 1.82) is 0 Å². The normalized spacial score (nSPS) is 26.8. The van der Waals surface area contributed by atoms with Crippen molar-refractivity contribution in [2.24, 2.45) is 5.41 Å². The minimum Gasteiger partial charge on any atom is -0.497 e. The number of carbonyl (C=O) groups is 3. The average molecular weight is 389 g/mol. The van der Waals surface area contributed by atoms with Crippen LogP contribution in [-0.2, 0) is 30.4 Å². The van der Waals surface area contributed by atoms with E-state index in [-0.39, 0.29) is 37.1 Å². The van der Waals surface area contributed by atoms with Crippen LogP contribution < -0.4 is 4.74 Å². The van der Waals surface area contributed by atoms with Crippen molar-refractivity contribution in [1.82, 2.24) is 4.90 Å². The second-order valence-corrected chi connectivity index (χ2v) is 7.44. The molecular formula is C21H27NO6. The van der Waals surface area contributed by atoms with Crippen LogP contribution in [0.4, 0.5) is 0 Å². The number of hydrogen-bond acceptors (Lipinski definition) is 7. The van der Waals surface area contributed by atoms with Crippen LogP contribution in [0.2, 0.25) is 0 Å². The van der Waals surface area contributed by atoms with Gasteiger partial charge in [0.15, 0.2) is 5.78 Å². The first kappa shape index (κ1) is 20.3. The summed E-state index contributed by atoms with van der Waals surface area (Å²) in [6.07, 6.45) is 1.97. The summed E-state index contributed by atoms with van der Waals surface area (Å²) in [7, 11) is 4.22. The van der Waals surface area contributed by atoms with E-state index in [4.69, 9.17) is 14.2 Å². The Kier molecular flexibility index (Phi) is 6.03. The first-order valence-corrected chi connectivity index (χ1v) is 9.53. The first-order valence-electron chi connectivity index (χ1n) is 9.53. The fourth-order valence-corrected chi connectivity index (χ4v) is 4.73. The minimum absolute atomic E-state index is 0.00546. The maximum Gasteiger partial charge on any atom is 0.320 e. The lowest BCUT2D eigenvalue weighted by Crippen LogP contribution is -2.60. The molecule has 28 heavy (non-hydrogen) atoms. The second kappa shape index (κ2) is 8.31. The number of fused-ring (bicyclic) bond motifs is 2. The molecule has 7 nitrogen and oxygen atoms in total. The van der Waals surface area contributed by atoms with Gasteiger partial charge in [-0.15, -0.1) is 0 Å². The molecule has 2 heterocycles. The number of esters is 2. The fraction of sp³-hybridized carbons (Fsp3) is 0.571. The van der Waals surface area contributed by atoms with Crippen molar-refractivity contribution < 1.29 is 28.6 Å². The predicted octanol–water partition coefficient (Wildman–Crippen LogP) is 2.11. The van der Waals surface area contributed by atoms with Gasteiger partial charge in [0.1, 0.15) is 11.2 Å². The van der Waals surface area contributed by atoms with Crippen molar-refractivity contribution >= 4 is 17.7 Å². The molecule has 0 saturated carbocycles. The van der Waals surface area contributed by atoms with E-state index in [2.05, 4.69) is 4.90 Å². The molecule has 2 aliphatic rings. The number of nitrogens with zero attached hydrogens (tertiary/aromatic N) is 1. The Hall–Kier alpha value is -2.41. The van der Waals surface area contributed by atoms with Gasteiger partial charge in [-0.3, -0.25) is 19.3 Å². The quantitative estimate of drug-likeness (QED) is 0.522. The van der Waals surface area contributed by atoms with E-state index in [1.165, 1.54) is 14.2 Å². The van der Waals surface area contributed by atoms with Crippen LogP contribution in [0.25, 0.3) is 0 Å². The molecule has 2 bridgehead atoms. The molecule has 0 spiro atoms. The Bertz CT molecular complexity index is 763. The SMILES string of the molecule is COC(=O)CC[C@@]1(C(=O)OC)C(=O)C[C@H]2CC[C@H]1N2Cc1cccc(OC)c1. The molecule has 0 aromatic heterocycles. The Morgan fingerprint density at radius 3 is 2.64 bits per heavy atom. The van der Waals surface area contributed by atoms with Crippen LogP contribution in [0, 0.1) is 5.41 Å². The van der Waals surface area contributed by atoms with E-state index in [1.54, 1.807) is 7.11 Å². The molecule has 0 aliphatic carbocycles. The van der Waals surface area contributed by atoms with Gasteiger partial charge in [-0.2, -0.15) is 0 Å². The van der Waals surface area contributed by atoms with E-state index >= 15 is 0 Å². The summed E-state index contributed by atoms with van der Waals surface area (Å²) in [6, 6.07) is 7.58. The standard InChI is InChI=1S/C21H27NO6/c1-26-16-6-4-5-14(11-16)13-22-15-7-8-17(22)21(18(23)12-15,20(25)28-3)10-9-19(24)27-2/h4-6,11,15,17H,7-10,12-13H2,1-3H3/t15-,17-,21+/m1/s1. The van der Waals surface area contributed by atoms with Gasteiger partial charge in [0, 0.05) is 31.5 Å². The Morgan fingerprint density at radius 2 is 1.96 bits per heavy atom. The Morgan fingerprint density at radius 1 is 1.18 bits per heavy atom. The molecule has 2 aliphatic heterocycles. The number of methoxy groups -OCH3 is 3. The number of Topliss-reactive ketones (excluding diaryl/α,β-unsaturated/α-hetero) is 1. The van der Waals surface area contributed by atoms with Gasteiger partial charge in [-0.05, 0) is 37.0 Å². The average Bonchev–Trinajstić information content (AvgIpc) is 3.02. The molecule has 0 amide bonds. The third-order valence-corrected chi connectivity index (χ3v) is 6.13. The lowest BCUT2D eigenvalue weighted by atomic mass is 9.69. The summed E-state index contributed by atoms with van der Waals surface area (Å²) >= 11 is 0. The van der Waals surface area contributed by atoms with E-state index in [0.717, 1.165) is 24.2 Å². The van der Waals surface area contributed by atoms with Crippen LogP contribution in [0.1, 0.15) is 37.7 Å². The molecule has 2 fully saturated rings. The zero-order chi connectivity index (χ0) is 20.3. The van der Waals surface area contributed by atoms with Gasteiger partial charge in [0.2, 0.25) is 0 Å². The highest BCUT2D eigenvalue weighted by Crippen LogP contribution is 2.48. The topological polar surface area (TPSA) is 82.1 Å². The first-order chi connectivity index (χ1) is 13.5. The lowest BCUT2D eigenvalue weighted by Gasteiger charge is -2.45. The van der Waals surface area contributed by atoms with E-state index in [9.17, 15) is 14.4 Å². The van der Waals surface area contributed by atoms with Crippen molar-refractivity contribution in [2.75, 3.05) is 21.3 Å². The number of carbonyl (C=O) groups excluding carboxylic acids is 3. The third-order valence-electron chi connectivity index (χ3n) is 6.13. The van der Waals surface area contributed by atoms with Gasteiger partial charge < -0.3 is 14.2 Å². The van der Waals surface area contributed by atoms with Gasteiger partial charge in [0.05, 0.1) is 21.3 Å². The highest BCUT2D eigenvalue weighted by atomic mass is 16.5. The van der Waals surface area contributed by atoms with Crippen molar-refractivity contribution in [3.8, 4) is 5.75 Å². The third kappa shape index (κ3) is 3.51. The monoisotopic (exact) mass is 389 g/mol. The summed E-state index contributed by atoms with van der Waals surface area (Å²) in [5.41, 5.74) is -0.272. The van der Waals surface area contributed by atoms with Crippen LogP contribution in [0.3, 0.4) is 0 Å². The summed E-state index contributed by atoms with van der Waals surface area (Å²) in [5.74, 6) is -0.349. The van der Waals surface area contributed by atoms with Crippen molar-refractivity contribution in [2.45, 2.75) is 50.7 Å². The van der Waals surface area contributed by atoms with Gasteiger partial charge in [0.25, 0.3) is 0 Å². The largest absolute Gasteiger partial charge is 0.497 e. The zero-order valence-corrected chi connectivity index (χ0v) is 16.6. The van der Waals surface area contributed by atoms with E-state index in [0.29, 0.717) is 6.54 Å². The van der Waals surface area contributed by atoms with Gasteiger partial charge in [-0.25, -0.2) is 0 Å². The molecular weight excluding hydrogens is 362 g/mol. The number of piperidine rings is 1. The van der Waals surface area contributed by atoms with Crippen LogP contribution in [-0.4, -0.2) is 56.0 Å². The number of benzene rings is 1. The van der Waals surface area contributed by atoms with Crippen LogP contribution >= 0.6 is 0 Å². The molecule has 0 radical (unpaired) electrons. The maximum atomic E-state index is 13.1. The van der Waals surface area contributed by atoms with E-state index in [1.807, 2.05) is 24.3 Å². The van der Waals surface area contributed by atoms with E-state index < -0.39 is 17.4 Å². The molecule has 1 aromatic carbocycles. The second-order valence-electron chi connectivity index (χ2n) is 7.44. The zero-order valence-electron chi connectivity index (χ0n) is 16.6. The predicted molar refractivity (Wildman–Crippen MR) is 101 cm³/mol. The minimum atomic E-state index is -1.32. The summed E-state index contributed by atoms with van der Waals surface area (Å²) in [4.78, 5) is 39.9. The molecule has 2 saturated heterocycles. The molecule has 152 valence electrons. The van der Waals surface area contributed by atoms with Gasteiger partial charge >= 0.3 is 11.9 Å².